The normalized spacial score (nSPS) is 10.4. The van der Waals surface area contributed by atoms with Crippen LogP contribution in [0.1, 0.15) is 29.9 Å². The lowest BCUT2D eigenvalue weighted by Crippen LogP contribution is -2.08. The van der Waals surface area contributed by atoms with E-state index >= 15 is 0 Å². The van der Waals surface area contributed by atoms with Crippen molar-refractivity contribution in [3.63, 3.8) is 0 Å². The van der Waals surface area contributed by atoms with E-state index < -0.39 is 5.97 Å². The molecule has 0 saturated heterocycles. The molecule has 0 spiro atoms. The van der Waals surface area contributed by atoms with Gasteiger partial charge in [0.15, 0.2) is 5.69 Å². The van der Waals surface area contributed by atoms with Crippen molar-refractivity contribution in [1.82, 2.24) is 9.97 Å². The van der Waals surface area contributed by atoms with Crippen LogP contribution in [-0.4, -0.2) is 27.1 Å². The Morgan fingerprint density at radius 3 is 2.90 bits per heavy atom. The average molecular weight is 287 g/mol. The van der Waals surface area contributed by atoms with Crippen LogP contribution in [-0.2, 0) is 6.54 Å². The summed E-state index contributed by atoms with van der Waals surface area (Å²) in [5, 5.41) is 12.0. The van der Waals surface area contributed by atoms with Gasteiger partial charge in [0.1, 0.15) is 5.82 Å². The molecule has 2 N–H and O–H groups in total. The fourth-order valence-corrected chi connectivity index (χ4v) is 1.71. The van der Waals surface area contributed by atoms with Crippen LogP contribution in [0.4, 0.5) is 5.82 Å². The number of nitrogens with one attached hydrogen (secondary N) is 1. The van der Waals surface area contributed by atoms with Gasteiger partial charge in [0.05, 0.1) is 6.10 Å². The van der Waals surface area contributed by atoms with E-state index in [4.69, 9.17) is 9.84 Å². The van der Waals surface area contributed by atoms with Gasteiger partial charge in [-0.3, -0.25) is 0 Å². The van der Waals surface area contributed by atoms with Gasteiger partial charge in [0, 0.05) is 18.8 Å². The maximum Gasteiger partial charge on any atom is 0.354 e. The maximum atomic E-state index is 10.9. The molecular weight excluding hydrogens is 270 g/mol. The van der Waals surface area contributed by atoms with Crippen LogP contribution < -0.4 is 10.1 Å². The number of carboxylic acids is 1. The molecule has 0 aromatic carbocycles. The van der Waals surface area contributed by atoms with Crippen molar-refractivity contribution in [3.8, 4) is 5.88 Å². The lowest BCUT2D eigenvalue weighted by molar-refractivity contribution is 0.0690. The minimum Gasteiger partial charge on any atom is -0.477 e. The van der Waals surface area contributed by atoms with E-state index in [2.05, 4.69) is 15.3 Å². The molecule has 0 amide bonds. The molecule has 2 heterocycles. The summed E-state index contributed by atoms with van der Waals surface area (Å²) >= 11 is 0. The van der Waals surface area contributed by atoms with E-state index in [9.17, 15) is 4.79 Å². The third-order valence-corrected chi connectivity index (χ3v) is 2.60. The van der Waals surface area contributed by atoms with Crippen LogP contribution in [0.25, 0.3) is 0 Å². The predicted octanol–water partition coefficient (Wildman–Crippen LogP) is 2.57. The summed E-state index contributed by atoms with van der Waals surface area (Å²) in [7, 11) is 0. The van der Waals surface area contributed by atoms with Crippen molar-refractivity contribution in [2.24, 2.45) is 0 Å². The van der Waals surface area contributed by atoms with Gasteiger partial charge in [0.2, 0.25) is 5.88 Å². The predicted molar refractivity (Wildman–Crippen MR) is 78.5 cm³/mol. The van der Waals surface area contributed by atoms with Gasteiger partial charge in [-0.2, -0.15) is 0 Å². The Labute approximate surface area is 122 Å². The minimum atomic E-state index is -1.05. The van der Waals surface area contributed by atoms with Crippen LogP contribution in [0.3, 0.4) is 0 Å². The monoisotopic (exact) mass is 287 g/mol. The zero-order valence-electron chi connectivity index (χ0n) is 11.9. The first-order valence-electron chi connectivity index (χ1n) is 6.60. The number of hydrogen-bond acceptors (Lipinski definition) is 5. The average Bonchev–Trinajstić information content (AvgIpc) is 2.45. The summed E-state index contributed by atoms with van der Waals surface area (Å²) < 4.78 is 5.53. The summed E-state index contributed by atoms with van der Waals surface area (Å²) in [6.45, 7) is 4.38. The van der Waals surface area contributed by atoms with Gasteiger partial charge in [-0.25, -0.2) is 14.8 Å². The van der Waals surface area contributed by atoms with Gasteiger partial charge in [-0.1, -0.05) is 6.07 Å². The van der Waals surface area contributed by atoms with Gasteiger partial charge in [-0.15, -0.1) is 0 Å². The molecule has 21 heavy (non-hydrogen) atoms. The SMILES string of the molecule is CC(C)Oc1cc(CNc2cccc(C(=O)O)n2)ccn1. The Kier molecular flexibility index (Phi) is 4.71. The highest BCUT2D eigenvalue weighted by atomic mass is 16.5. The molecule has 2 aromatic rings. The van der Waals surface area contributed by atoms with Crippen LogP contribution >= 0.6 is 0 Å². The van der Waals surface area contributed by atoms with Gasteiger partial charge in [-0.05, 0) is 37.6 Å². The largest absolute Gasteiger partial charge is 0.477 e. The van der Waals surface area contributed by atoms with Crippen LogP contribution in [0, 0.1) is 0 Å². The van der Waals surface area contributed by atoms with E-state index in [1.807, 2.05) is 26.0 Å². The first-order valence-corrected chi connectivity index (χ1v) is 6.60. The molecule has 0 aliphatic carbocycles. The molecule has 0 bridgehead atoms. The molecule has 6 heteroatoms. The third-order valence-electron chi connectivity index (χ3n) is 2.60. The molecule has 0 saturated carbocycles. The second-order valence-electron chi connectivity index (χ2n) is 4.74. The second kappa shape index (κ2) is 6.69. The first-order chi connectivity index (χ1) is 10.0. The summed E-state index contributed by atoms with van der Waals surface area (Å²) in [5.41, 5.74) is 0.988. The van der Waals surface area contributed by atoms with Crippen LogP contribution in [0.2, 0.25) is 0 Å². The maximum absolute atomic E-state index is 10.9. The molecule has 2 aromatic heterocycles. The number of ether oxygens (including phenoxy) is 1. The number of pyridine rings is 2. The smallest absolute Gasteiger partial charge is 0.354 e. The second-order valence-corrected chi connectivity index (χ2v) is 4.74. The first kappa shape index (κ1) is 14.8. The van der Waals surface area contributed by atoms with E-state index in [1.54, 1.807) is 18.3 Å². The van der Waals surface area contributed by atoms with Crippen LogP contribution in [0.5, 0.6) is 5.88 Å². The van der Waals surface area contributed by atoms with Gasteiger partial charge >= 0.3 is 5.97 Å². The molecule has 0 atom stereocenters. The Hall–Kier alpha value is -2.63. The van der Waals surface area contributed by atoms with Crippen molar-refractivity contribution in [3.05, 3.63) is 47.8 Å². The molecule has 0 aliphatic rings. The Balaban J connectivity index is 2.02. The fourth-order valence-electron chi connectivity index (χ4n) is 1.71. The number of hydrogen-bond donors (Lipinski definition) is 2. The van der Waals surface area contributed by atoms with Crippen molar-refractivity contribution >= 4 is 11.8 Å². The zero-order valence-corrected chi connectivity index (χ0v) is 11.9. The highest BCUT2D eigenvalue weighted by molar-refractivity contribution is 5.85. The van der Waals surface area contributed by atoms with E-state index in [-0.39, 0.29) is 11.8 Å². The number of rotatable bonds is 6. The number of anilines is 1. The van der Waals surface area contributed by atoms with Crippen LogP contribution in [0.15, 0.2) is 36.5 Å². The van der Waals surface area contributed by atoms with E-state index in [1.165, 1.54) is 6.07 Å². The molecule has 110 valence electrons. The van der Waals surface area contributed by atoms with Crippen molar-refractivity contribution < 1.29 is 14.6 Å². The number of carboxylic acid groups (broad SMARTS) is 1. The molecule has 2 rings (SSSR count). The number of carbonyl (C=O) groups is 1. The third kappa shape index (κ3) is 4.45. The Bertz CT molecular complexity index is 629. The summed E-state index contributed by atoms with van der Waals surface area (Å²) in [5.74, 6) is 0.0322. The number of aromatic nitrogens is 2. The van der Waals surface area contributed by atoms with Gasteiger partial charge < -0.3 is 15.2 Å². The topological polar surface area (TPSA) is 84.3 Å². The Morgan fingerprint density at radius 1 is 1.38 bits per heavy atom. The molecule has 0 unspecified atom stereocenters. The highest BCUT2D eigenvalue weighted by Gasteiger charge is 2.05. The molecule has 0 aliphatic heterocycles. The Morgan fingerprint density at radius 2 is 2.19 bits per heavy atom. The lowest BCUT2D eigenvalue weighted by atomic mass is 10.2. The number of nitrogens with zero attached hydrogens (tertiary/aromatic N) is 2. The molecular formula is C15H17N3O3. The fraction of sp³-hybridized carbons (Fsp3) is 0.267. The lowest BCUT2D eigenvalue weighted by Gasteiger charge is -2.10. The standard InChI is InChI=1S/C15H17N3O3/c1-10(2)21-14-8-11(6-7-16-14)9-17-13-5-3-4-12(18-13)15(19)20/h3-8,10H,9H2,1-2H3,(H,17,18)(H,19,20). The molecule has 0 fully saturated rings. The van der Waals surface area contributed by atoms with Crippen molar-refractivity contribution in [2.75, 3.05) is 5.32 Å². The summed E-state index contributed by atoms with van der Waals surface area (Å²) in [6.07, 6.45) is 1.74. The summed E-state index contributed by atoms with van der Waals surface area (Å²) in [4.78, 5) is 19.0. The zero-order chi connectivity index (χ0) is 15.2. The van der Waals surface area contributed by atoms with E-state index in [0.717, 1.165) is 5.56 Å². The summed E-state index contributed by atoms with van der Waals surface area (Å²) in [6, 6.07) is 8.53. The van der Waals surface area contributed by atoms with Crippen molar-refractivity contribution in [2.45, 2.75) is 26.5 Å². The number of aromatic carboxylic acids is 1. The minimum absolute atomic E-state index is 0.0126. The molecule has 0 radical (unpaired) electrons. The van der Waals surface area contributed by atoms with Gasteiger partial charge in [0.25, 0.3) is 0 Å². The van der Waals surface area contributed by atoms with E-state index in [0.29, 0.717) is 18.2 Å². The quantitative estimate of drug-likeness (QED) is 0.849. The highest BCUT2D eigenvalue weighted by Crippen LogP contribution is 2.13. The van der Waals surface area contributed by atoms with Crippen molar-refractivity contribution in [1.29, 1.82) is 0 Å². The molecule has 6 nitrogen and oxygen atoms in total.